The van der Waals surface area contributed by atoms with Crippen LogP contribution in [0.1, 0.15) is 71.1 Å². The van der Waals surface area contributed by atoms with Crippen molar-refractivity contribution in [2.24, 2.45) is 17.3 Å². The van der Waals surface area contributed by atoms with Crippen LogP contribution in [0, 0.1) is 29.1 Å². The molecule has 1 unspecified atom stereocenters. The molecule has 6 heteroatoms. The van der Waals surface area contributed by atoms with Crippen LogP contribution in [0.25, 0.3) is 0 Å². The third kappa shape index (κ3) is 5.00. The first-order valence-electron chi connectivity index (χ1n) is 9.54. The predicted molar refractivity (Wildman–Crippen MR) is 96.2 cm³/mol. The maximum Gasteiger partial charge on any atom is 0.307 e. The average Bonchev–Trinajstić information content (AvgIpc) is 3.08. The molecular weight excluding hydrogens is 334 g/mol. The standard InChI is InChI=1S/C20H29NO5/c1-2-3-6-15(18(24)25)13-20(11-4-5-12-20)19(26)21-16-9-7-14(8-10-16)17(22)23/h14-16H,4-13H2,1H3,(H,21,26)(H,22,23)(H,24,25). The van der Waals surface area contributed by atoms with Crippen molar-refractivity contribution in [1.29, 1.82) is 0 Å². The highest BCUT2D eigenvalue weighted by atomic mass is 16.4. The van der Waals surface area contributed by atoms with Crippen LogP contribution in [0.5, 0.6) is 0 Å². The topological polar surface area (TPSA) is 104 Å². The third-order valence-electron chi connectivity index (χ3n) is 5.97. The summed E-state index contributed by atoms with van der Waals surface area (Å²) in [6.07, 6.45) is 6.40. The van der Waals surface area contributed by atoms with Crippen molar-refractivity contribution in [1.82, 2.24) is 5.32 Å². The smallest absolute Gasteiger partial charge is 0.307 e. The van der Waals surface area contributed by atoms with Crippen molar-refractivity contribution in [2.75, 3.05) is 0 Å². The van der Waals surface area contributed by atoms with Gasteiger partial charge in [-0.05, 0) is 51.9 Å². The van der Waals surface area contributed by atoms with Crippen LogP contribution >= 0.6 is 0 Å². The molecule has 2 saturated carbocycles. The van der Waals surface area contributed by atoms with Gasteiger partial charge in [0.1, 0.15) is 0 Å². The molecule has 0 spiro atoms. The number of nitrogens with one attached hydrogen (secondary N) is 1. The van der Waals surface area contributed by atoms with E-state index in [1.807, 2.05) is 0 Å². The third-order valence-corrected chi connectivity index (χ3v) is 5.97. The van der Waals surface area contributed by atoms with Crippen LogP contribution in [0.15, 0.2) is 0 Å². The summed E-state index contributed by atoms with van der Waals surface area (Å²) in [5, 5.41) is 21.7. The molecule has 2 fully saturated rings. The fourth-order valence-electron chi connectivity index (χ4n) is 4.34. The molecule has 3 N–H and O–H groups in total. The van der Waals surface area contributed by atoms with E-state index >= 15 is 0 Å². The Kier molecular flexibility index (Phi) is 7.07. The van der Waals surface area contributed by atoms with Gasteiger partial charge in [0.25, 0.3) is 0 Å². The van der Waals surface area contributed by atoms with Crippen molar-refractivity contribution in [3.63, 3.8) is 0 Å². The number of carbonyl (C=O) groups is 3. The van der Waals surface area contributed by atoms with E-state index in [0.717, 1.165) is 12.8 Å². The van der Waals surface area contributed by atoms with E-state index in [-0.39, 0.29) is 24.3 Å². The predicted octanol–water partition coefficient (Wildman–Crippen LogP) is 2.81. The first-order chi connectivity index (χ1) is 12.4. The Morgan fingerprint density at radius 2 is 1.73 bits per heavy atom. The lowest BCUT2D eigenvalue weighted by Gasteiger charge is -2.34. The van der Waals surface area contributed by atoms with Gasteiger partial charge in [-0.15, -0.1) is 11.8 Å². The Morgan fingerprint density at radius 1 is 1.12 bits per heavy atom. The number of aliphatic carboxylic acids is 2. The molecule has 0 aromatic heterocycles. The van der Waals surface area contributed by atoms with Crippen LogP contribution in [-0.2, 0) is 14.4 Å². The Hall–Kier alpha value is -2.03. The molecule has 26 heavy (non-hydrogen) atoms. The first kappa shape index (κ1) is 20.3. The molecule has 2 aliphatic carbocycles. The van der Waals surface area contributed by atoms with Gasteiger partial charge in [0.2, 0.25) is 5.91 Å². The molecule has 6 nitrogen and oxygen atoms in total. The van der Waals surface area contributed by atoms with E-state index in [4.69, 9.17) is 5.11 Å². The summed E-state index contributed by atoms with van der Waals surface area (Å²) in [7, 11) is 0. The van der Waals surface area contributed by atoms with Crippen molar-refractivity contribution in [3.8, 4) is 11.8 Å². The van der Waals surface area contributed by atoms with Gasteiger partial charge in [-0.1, -0.05) is 12.8 Å². The van der Waals surface area contributed by atoms with E-state index in [1.165, 1.54) is 0 Å². The van der Waals surface area contributed by atoms with Crippen molar-refractivity contribution < 1.29 is 24.6 Å². The Bertz CT molecular complexity index is 589. The quantitative estimate of drug-likeness (QED) is 0.604. The lowest BCUT2D eigenvalue weighted by molar-refractivity contribution is -0.144. The zero-order valence-corrected chi connectivity index (χ0v) is 15.4. The molecule has 144 valence electrons. The van der Waals surface area contributed by atoms with Gasteiger partial charge in [0, 0.05) is 12.5 Å². The van der Waals surface area contributed by atoms with E-state index in [1.54, 1.807) is 6.92 Å². The number of rotatable bonds is 7. The summed E-state index contributed by atoms with van der Waals surface area (Å²) in [4.78, 5) is 35.7. The van der Waals surface area contributed by atoms with Crippen LogP contribution in [0.3, 0.4) is 0 Å². The SMILES string of the molecule is CC#CCC(CC1(C(=O)NC2CCC(C(=O)O)CC2)CCCC1)C(=O)O. The molecule has 0 aliphatic heterocycles. The number of carbonyl (C=O) groups excluding carboxylic acids is 1. The van der Waals surface area contributed by atoms with Gasteiger partial charge in [0.05, 0.1) is 17.3 Å². The Balaban J connectivity index is 2.01. The first-order valence-corrected chi connectivity index (χ1v) is 9.54. The molecule has 1 atom stereocenters. The van der Waals surface area contributed by atoms with Crippen LogP contribution < -0.4 is 5.32 Å². The number of carboxylic acids is 2. The summed E-state index contributed by atoms with van der Waals surface area (Å²) in [5.74, 6) is 2.93. The molecule has 0 heterocycles. The zero-order valence-electron chi connectivity index (χ0n) is 15.4. The summed E-state index contributed by atoms with van der Waals surface area (Å²) < 4.78 is 0. The minimum absolute atomic E-state index is 0.00529. The summed E-state index contributed by atoms with van der Waals surface area (Å²) in [5.41, 5.74) is -0.623. The number of hydrogen-bond donors (Lipinski definition) is 3. The molecule has 0 radical (unpaired) electrons. The second-order valence-electron chi connectivity index (χ2n) is 7.72. The summed E-state index contributed by atoms with van der Waals surface area (Å²) in [6.45, 7) is 1.68. The van der Waals surface area contributed by atoms with Gasteiger partial charge >= 0.3 is 11.9 Å². The number of hydrogen-bond acceptors (Lipinski definition) is 3. The second-order valence-corrected chi connectivity index (χ2v) is 7.72. The molecule has 0 aromatic carbocycles. The average molecular weight is 363 g/mol. The lowest BCUT2D eigenvalue weighted by Crippen LogP contribution is -2.47. The van der Waals surface area contributed by atoms with Gasteiger partial charge in [0.15, 0.2) is 0 Å². The monoisotopic (exact) mass is 363 g/mol. The largest absolute Gasteiger partial charge is 0.481 e. The Morgan fingerprint density at radius 3 is 2.23 bits per heavy atom. The minimum Gasteiger partial charge on any atom is -0.481 e. The highest BCUT2D eigenvalue weighted by molar-refractivity contribution is 5.84. The normalized spacial score (nSPS) is 25.6. The van der Waals surface area contributed by atoms with E-state index in [2.05, 4.69) is 17.2 Å². The maximum atomic E-state index is 13.0. The summed E-state index contributed by atoms with van der Waals surface area (Å²) >= 11 is 0. The van der Waals surface area contributed by atoms with Gasteiger partial charge in [-0.25, -0.2) is 0 Å². The fourth-order valence-corrected chi connectivity index (χ4v) is 4.34. The van der Waals surface area contributed by atoms with E-state index in [0.29, 0.717) is 44.9 Å². The molecule has 1 amide bonds. The molecular formula is C20H29NO5. The highest BCUT2D eigenvalue weighted by Gasteiger charge is 2.44. The van der Waals surface area contributed by atoms with Gasteiger partial charge in [-0.2, -0.15) is 0 Å². The highest BCUT2D eigenvalue weighted by Crippen LogP contribution is 2.44. The fraction of sp³-hybridized carbons (Fsp3) is 0.750. The Labute approximate surface area is 154 Å². The van der Waals surface area contributed by atoms with E-state index < -0.39 is 23.3 Å². The van der Waals surface area contributed by atoms with Crippen LogP contribution in [-0.4, -0.2) is 34.1 Å². The molecule has 0 aromatic rings. The lowest BCUT2D eigenvalue weighted by atomic mass is 9.75. The number of amides is 1. The van der Waals surface area contributed by atoms with Crippen molar-refractivity contribution in [3.05, 3.63) is 0 Å². The van der Waals surface area contributed by atoms with Crippen molar-refractivity contribution >= 4 is 17.8 Å². The number of carboxylic acid groups (broad SMARTS) is 2. The summed E-state index contributed by atoms with van der Waals surface area (Å²) in [6, 6.07) is -0.00529. The van der Waals surface area contributed by atoms with E-state index in [9.17, 15) is 19.5 Å². The zero-order chi connectivity index (χ0) is 19.2. The van der Waals surface area contributed by atoms with Crippen LogP contribution in [0.2, 0.25) is 0 Å². The molecule has 2 aliphatic rings. The molecule has 2 rings (SSSR count). The van der Waals surface area contributed by atoms with Gasteiger partial charge in [-0.3, -0.25) is 14.4 Å². The molecule has 0 bridgehead atoms. The molecule has 0 saturated heterocycles. The van der Waals surface area contributed by atoms with Gasteiger partial charge < -0.3 is 15.5 Å². The van der Waals surface area contributed by atoms with Crippen molar-refractivity contribution in [2.45, 2.75) is 77.2 Å². The second kappa shape index (κ2) is 9.07. The maximum absolute atomic E-state index is 13.0. The van der Waals surface area contributed by atoms with Crippen LogP contribution in [0.4, 0.5) is 0 Å². The minimum atomic E-state index is -0.895.